The van der Waals surface area contributed by atoms with E-state index >= 15 is 0 Å². The third-order valence-electron chi connectivity index (χ3n) is 5.45. The number of nitrogens with zero attached hydrogens (tertiary/aromatic N) is 3. The number of aromatic nitrogens is 2. The number of carbonyl (C=O) groups is 1. The number of sulfone groups is 1. The van der Waals surface area contributed by atoms with Gasteiger partial charge in [-0.05, 0) is 49.2 Å². The molecule has 1 amide bonds. The molecule has 2 aromatic carbocycles. The second-order valence-corrected chi connectivity index (χ2v) is 9.39. The molecule has 1 fully saturated rings. The van der Waals surface area contributed by atoms with Crippen LogP contribution in [0.25, 0.3) is 11.0 Å². The first kappa shape index (κ1) is 19.4. The van der Waals surface area contributed by atoms with Gasteiger partial charge in [-0.15, -0.1) is 0 Å². The lowest BCUT2D eigenvalue weighted by molar-refractivity contribution is -0.132. The van der Waals surface area contributed by atoms with Crippen LogP contribution in [0.1, 0.15) is 12.8 Å². The van der Waals surface area contributed by atoms with Crippen LogP contribution >= 0.6 is 0 Å². The summed E-state index contributed by atoms with van der Waals surface area (Å²) in [5, 5.41) is -0.478. The van der Waals surface area contributed by atoms with Gasteiger partial charge in [-0.3, -0.25) is 4.79 Å². The lowest BCUT2D eigenvalue weighted by atomic mass is 10.1. The van der Waals surface area contributed by atoms with Crippen molar-refractivity contribution < 1.29 is 17.9 Å². The van der Waals surface area contributed by atoms with E-state index in [1.165, 1.54) is 0 Å². The number of carbonyl (C=O) groups excluding carboxylic acids is 1. The molecule has 1 saturated heterocycles. The molecule has 0 unspecified atom stereocenters. The number of methoxy groups -OCH3 is 1. The first-order valence-electron chi connectivity index (χ1n) is 9.54. The van der Waals surface area contributed by atoms with Crippen molar-refractivity contribution in [2.24, 2.45) is 0 Å². The SMILES string of the molecule is COc1ccc(S(=O)(=O)C2CCN(C(=O)Cn3cnc4ccccc43)CC2)cc1. The Balaban J connectivity index is 1.40. The molecule has 152 valence electrons. The molecule has 29 heavy (non-hydrogen) atoms. The molecular weight excluding hydrogens is 390 g/mol. The van der Waals surface area contributed by atoms with E-state index in [-0.39, 0.29) is 12.5 Å². The summed E-state index contributed by atoms with van der Waals surface area (Å²) in [6, 6.07) is 14.1. The normalized spacial score (nSPS) is 15.6. The monoisotopic (exact) mass is 413 g/mol. The maximum absolute atomic E-state index is 12.9. The van der Waals surface area contributed by atoms with Gasteiger partial charge in [0.25, 0.3) is 0 Å². The third-order valence-corrected chi connectivity index (χ3v) is 7.73. The second-order valence-electron chi connectivity index (χ2n) is 7.16. The van der Waals surface area contributed by atoms with Gasteiger partial charge in [-0.2, -0.15) is 0 Å². The molecule has 1 aromatic heterocycles. The molecule has 0 N–H and O–H groups in total. The van der Waals surface area contributed by atoms with E-state index < -0.39 is 15.1 Å². The zero-order valence-electron chi connectivity index (χ0n) is 16.2. The van der Waals surface area contributed by atoms with Crippen LogP contribution in [0.2, 0.25) is 0 Å². The Kier molecular flexibility index (Phi) is 5.27. The van der Waals surface area contributed by atoms with Gasteiger partial charge < -0.3 is 14.2 Å². The fourth-order valence-electron chi connectivity index (χ4n) is 3.76. The molecule has 1 aliphatic heterocycles. The fraction of sp³-hybridized carbons (Fsp3) is 0.333. The molecule has 0 bridgehead atoms. The molecule has 4 rings (SSSR count). The summed E-state index contributed by atoms with van der Waals surface area (Å²) in [6.07, 6.45) is 2.54. The van der Waals surface area contributed by atoms with Gasteiger partial charge in [0.1, 0.15) is 12.3 Å². The summed E-state index contributed by atoms with van der Waals surface area (Å²) in [6.45, 7) is 1.08. The smallest absolute Gasteiger partial charge is 0.242 e. The van der Waals surface area contributed by atoms with Gasteiger partial charge in [-0.1, -0.05) is 12.1 Å². The molecule has 3 aromatic rings. The zero-order valence-corrected chi connectivity index (χ0v) is 17.0. The van der Waals surface area contributed by atoms with Crippen molar-refractivity contribution in [3.05, 3.63) is 54.9 Å². The van der Waals surface area contributed by atoms with E-state index in [0.717, 1.165) is 11.0 Å². The first-order chi connectivity index (χ1) is 14.0. The highest BCUT2D eigenvalue weighted by atomic mass is 32.2. The number of hydrogen-bond acceptors (Lipinski definition) is 5. The van der Waals surface area contributed by atoms with Crippen LogP contribution in [0.4, 0.5) is 0 Å². The summed E-state index contributed by atoms with van der Waals surface area (Å²) in [5.41, 5.74) is 1.77. The van der Waals surface area contributed by atoms with Crippen molar-refractivity contribution in [3.8, 4) is 5.75 Å². The standard InChI is InChI=1S/C21H23N3O4S/c1-28-16-6-8-17(9-7-16)29(26,27)18-10-12-23(13-11-18)21(25)14-24-15-22-19-4-2-3-5-20(19)24/h2-9,15,18H,10-14H2,1H3. The average molecular weight is 413 g/mol. The number of imidazole rings is 1. The quantitative estimate of drug-likeness (QED) is 0.642. The number of fused-ring (bicyclic) bond motifs is 1. The van der Waals surface area contributed by atoms with E-state index in [9.17, 15) is 13.2 Å². The lowest BCUT2D eigenvalue weighted by Crippen LogP contribution is -2.43. The molecular formula is C21H23N3O4S. The van der Waals surface area contributed by atoms with Gasteiger partial charge in [0.15, 0.2) is 9.84 Å². The van der Waals surface area contributed by atoms with Crippen molar-refractivity contribution in [2.45, 2.75) is 29.5 Å². The molecule has 1 aliphatic rings. The van der Waals surface area contributed by atoms with Crippen molar-refractivity contribution in [3.63, 3.8) is 0 Å². The van der Waals surface area contributed by atoms with Crippen molar-refractivity contribution in [2.75, 3.05) is 20.2 Å². The lowest BCUT2D eigenvalue weighted by Gasteiger charge is -2.32. The van der Waals surface area contributed by atoms with Crippen LogP contribution in [0.5, 0.6) is 5.75 Å². The Morgan fingerprint density at radius 1 is 1.10 bits per heavy atom. The van der Waals surface area contributed by atoms with Crippen LogP contribution in [-0.2, 0) is 21.2 Å². The number of rotatable bonds is 5. The Morgan fingerprint density at radius 3 is 2.48 bits per heavy atom. The summed E-state index contributed by atoms with van der Waals surface area (Å²) >= 11 is 0. The number of hydrogen-bond donors (Lipinski definition) is 0. The maximum Gasteiger partial charge on any atom is 0.242 e. The summed E-state index contributed by atoms with van der Waals surface area (Å²) in [7, 11) is -1.88. The molecule has 8 heteroatoms. The molecule has 0 aliphatic carbocycles. The summed E-state index contributed by atoms with van der Waals surface area (Å²) in [5.74, 6) is 0.602. The average Bonchev–Trinajstić information content (AvgIpc) is 3.16. The second kappa shape index (κ2) is 7.87. The van der Waals surface area contributed by atoms with Crippen LogP contribution < -0.4 is 4.74 Å². The largest absolute Gasteiger partial charge is 0.497 e. The van der Waals surface area contributed by atoms with E-state index in [2.05, 4.69) is 4.98 Å². The van der Waals surface area contributed by atoms with E-state index in [4.69, 9.17) is 4.74 Å². The number of likely N-dealkylation sites (tertiary alicyclic amines) is 1. The van der Waals surface area contributed by atoms with Crippen LogP contribution in [0.15, 0.2) is 59.8 Å². The minimum atomic E-state index is -3.42. The van der Waals surface area contributed by atoms with Gasteiger partial charge in [0, 0.05) is 13.1 Å². The molecule has 0 spiro atoms. The Hall–Kier alpha value is -2.87. The minimum Gasteiger partial charge on any atom is -0.497 e. The predicted molar refractivity (Wildman–Crippen MR) is 110 cm³/mol. The Labute approximate surface area is 169 Å². The van der Waals surface area contributed by atoms with Crippen LogP contribution in [-0.4, -0.2) is 54.2 Å². The molecule has 0 atom stereocenters. The Bertz CT molecular complexity index is 1110. The molecule has 0 radical (unpaired) electrons. The highest BCUT2D eigenvalue weighted by molar-refractivity contribution is 7.92. The fourth-order valence-corrected chi connectivity index (χ4v) is 5.49. The predicted octanol–water partition coefficient (Wildman–Crippen LogP) is 2.51. The number of piperidine rings is 1. The van der Waals surface area contributed by atoms with Crippen molar-refractivity contribution in [1.82, 2.24) is 14.5 Å². The van der Waals surface area contributed by atoms with Gasteiger partial charge in [-0.25, -0.2) is 13.4 Å². The maximum atomic E-state index is 12.9. The highest BCUT2D eigenvalue weighted by Crippen LogP contribution is 2.26. The Morgan fingerprint density at radius 2 is 1.79 bits per heavy atom. The number of para-hydroxylation sites is 2. The van der Waals surface area contributed by atoms with E-state index in [0.29, 0.717) is 36.6 Å². The van der Waals surface area contributed by atoms with Gasteiger partial charge in [0.05, 0.1) is 34.6 Å². The molecule has 7 nitrogen and oxygen atoms in total. The highest BCUT2D eigenvalue weighted by Gasteiger charge is 2.32. The van der Waals surface area contributed by atoms with Gasteiger partial charge >= 0.3 is 0 Å². The molecule has 2 heterocycles. The van der Waals surface area contributed by atoms with E-state index in [1.54, 1.807) is 42.6 Å². The van der Waals surface area contributed by atoms with Crippen molar-refractivity contribution in [1.29, 1.82) is 0 Å². The number of ether oxygens (including phenoxy) is 1. The number of benzene rings is 2. The topological polar surface area (TPSA) is 81.5 Å². The first-order valence-corrected chi connectivity index (χ1v) is 11.1. The van der Waals surface area contributed by atoms with Crippen molar-refractivity contribution >= 4 is 26.8 Å². The third kappa shape index (κ3) is 3.85. The minimum absolute atomic E-state index is 0.0200. The van der Waals surface area contributed by atoms with Crippen LogP contribution in [0, 0.1) is 0 Å². The van der Waals surface area contributed by atoms with E-state index in [1.807, 2.05) is 28.8 Å². The number of amides is 1. The molecule has 0 saturated carbocycles. The van der Waals surface area contributed by atoms with Crippen LogP contribution in [0.3, 0.4) is 0 Å². The summed E-state index contributed by atoms with van der Waals surface area (Å²) in [4.78, 5) is 19.1. The zero-order chi connectivity index (χ0) is 20.4. The summed E-state index contributed by atoms with van der Waals surface area (Å²) < 4.78 is 32.7. The van der Waals surface area contributed by atoms with Gasteiger partial charge in [0.2, 0.25) is 5.91 Å².